The first-order chi connectivity index (χ1) is 8.34. The highest BCUT2D eigenvalue weighted by atomic mass is 32.2. The predicted octanol–water partition coefficient (Wildman–Crippen LogP) is 0.277. The number of hydrogen-bond acceptors (Lipinski definition) is 4. The number of likely N-dealkylation sites (tertiary alicyclic amines) is 1. The van der Waals surface area contributed by atoms with Gasteiger partial charge in [-0.05, 0) is 19.8 Å². The lowest BCUT2D eigenvalue weighted by Crippen LogP contribution is -2.40. The fraction of sp³-hybridized carbons (Fsp3) is 0.818. The van der Waals surface area contributed by atoms with Crippen LogP contribution in [0.5, 0.6) is 0 Å². The van der Waals surface area contributed by atoms with E-state index in [2.05, 4.69) is 0 Å². The lowest BCUT2D eigenvalue weighted by molar-refractivity contribution is -0.136. The normalized spacial score (nSPS) is 19.1. The molecule has 1 fully saturated rings. The Morgan fingerprint density at radius 3 is 2.11 bits per heavy atom. The molecule has 6 nitrogen and oxygen atoms in total. The third-order valence-electron chi connectivity index (χ3n) is 3.17. The largest absolute Gasteiger partial charge is 0.480 e. The van der Waals surface area contributed by atoms with Crippen molar-refractivity contribution in [2.75, 3.05) is 18.8 Å². The average Bonchev–Trinajstić information content (AvgIpc) is 2.55. The second-order valence-electron chi connectivity index (χ2n) is 4.58. The summed E-state index contributed by atoms with van der Waals surface area (Å²) in [6.45, 7) is 2.22. The highest BCUT2D eigenvalue weighted by Gasteiger charge is 2.31. The number of aliphatic carboxylic acids is 1. The molecular weight excluding hydrogens is 258 g/mol. The van der Waals surface area contributed by atoms with E-state index in [0.717, 1.165) is 32.6 Å². The van der Waals surface area contributed by atoms with Crippen LogP contribution in [0.1, 0.15) is 32.6 Å². The van der Waals surface area contributed by atoms with Gasteiger partial charge in [0.2, 0.25) is 5.91 Å². The standard InChI is InChI=1S/C11H19NO5S/c1-9(11(14)15)18(16,17)8-10(13)12-6-4-2-3-5-7-12/h9H,2-8H2,1H3,(H,14,15). The number of nitrogens with zero attached hydrogens (tertiary/aromatic N) is 1. The van der Waals surface area contributed by atoms with Gasteiger partial charge in [-0.3, -0.25) is 9.59 Å². The van der Waals surface area contributed by atoms with Crippen LogP contribution in [0.2, 0.25) is 0 Å². The Morgan fingerprint density at radius 1 is 1.17 bits per heavy atom. The molecule has 7 heteroatoms. The van der Waals surface area contributed by atoms with Gasteiger partial charge in [-0.2, -0.15) is 0 Å². The van der Waals surface area contributed by atoms with E-state index in [9.17, 15) is 18.0 Å². The zero-order chi connectivity index (χ0) is 13.8. The fourth-order valence-electron chi connectivity index (χ4n) is 1.86. The third kappa shape index (κ3) is 3.97. The summed E-state index contributed by atoms with van der Waals surface area (Å²) < 4.78 is 23.4. The highest BCUT2D eigenvalue weighted by Crippen LogP contribution is 2.11. The van der Waals surface area contributed by atoms with Gasteiger partial charge < -0.3 is 10.0 Å². The molecule has 1 aliphatic rings. The van der Waals surface area contributed by atoms with Crippen molar-refractivity contribution in [3.8, 4) is 0 Å². The van der Waals surface area contributed by atoms with Crippen molar-refractivity contribution in [3.05, 3.63) is 0 Å². The highest BCUT2D eigenvalue weighted by molar-refractivity contribution is 7.93. The molecule has 0 spiro atoms. The van der Waals surface area contributed by atoms with E-state index in [0.29, 0.717) is 13.1 Å². The summed E-state index contributed by atoms with van der Waals surface area (Å²) in [4.78, 5) is 24.0. The molecule has 0 aromatic rings. The van der Waals surface area contributed by atoms with Gasteiger partial charge in [0, 0.05) is 13.1 Å². The molecule has 1 saturated heterocycles. The topological polar surface area (TPSA) is 91.7 Å². The molecule has 0 radical (unpaired) electrons. The molecule has 0 aromatic heterocycles. The maximum atomic E-state index is 11.8. The first-order valence-electron chi connectivity index (χ1n) is 6.07. The van der Waals surface area contributed by atoms with E-state index in [1.165, 1.54) is 4.90 Å². The van der Waals surface area contributed by atoms with Gasteiger partial charge in [0.25, 0.3) is 0 Å². The predicted molar refractivity (Wildman–Crippen MR) is 65.9 cm³/mol. The van der Waals surface area contributed by atoms with E-state index in [-0.39, 0.29) is 0 Å². The lowest BCUT2D eigenvalue weighted by atomic mass is 10.2. The second kappa shape index (κ2) is 6.17. The maximum Gasteiger partial charge on any atom is 0.321 e. The Hall–Kier alpha value is -1.11. The van der Waals surface area contributed by atoms with Gasteiger partial charge in [-0.15, -0.1) is 0 Å². The van der Waals surface area contributed by atoms with Gasteiger partial charge in [-0.25, -0.2) is 8.42 Å². The zero-order valence-electron chi connectivity index (χ0n) is 10.5. The summed E-state index contributed by atoms with van der Waals surface area (Å²) in [5, 5.41) is 7.15. The van der Waals surface area contributed by atoms with E-state index in [4.69, 9.17) is 5.11 Å². The minimum atomic E-state index is -3.91. The molecule has 1 atom stereocenters. The van der Waals surface area contributed by atoms with Crippen molar-refractivity contribution in [3.63, 3.8) is 0 Å². The smallest absolute Gasteiger partial charge is 0.321 e. The number of sulfone groups is 1. The van der Waals surface area contributed by atoms with Gasteiger partial charge in [0.15, 0.2) is 15.1 Å². The molecular formula is C11H19NO5S. The SMILES string of the molecule is CC(C(=O)O)S(=O)(=O)CC(=O)N1CCCCCC1. The van der Waals surface area contributed by atoms with Crippen LogP contribution in [0.4, 0.5) is 0 Å². The molecule has 18 heavy (non-hydrogen) atoms. The minimum Gasteiger partial charge on any atom is -0.480 e. The van der Waals surface area contributed by atoms with Crippen LogP contribution in [0.15, 0.2) is 0 Å². The van der Waals surface area contributed by atoms with Crippen LogP contribution < -0.4 is 0 Å². The molecule has 1 unspecified atom stereocenters. The van der Waals surface area contributed by atoms with Crippen molar-refractivity contribution in [2.24, 2.45) is 0 Å². The number of amides is 1. The Kier molecular flexibility index (Phi) is 5.13. The van der Waals surface area contributed by atoms with Gasteiger partial charge >= 0.3 is 5.97 Å². The number of hydrogen-bond donors (Lipinski definition) is 1. The van der Waals surface area contributed by atoms with E-state index < -0.39 is 32.7 Å². The monoisotopic (exact) mass is 277 g/mol. The molecule has 1 N–H and O–H groups in total. The Bertz CT molecular complexity index is 409. The van der Waals surface area contributed by atoms with Crippen molar-refractivity contribution >= 4 is 21.7 Å². The van der Waals surface area contributed by atoms with Gasteiger partial charge in [0.05, 0.1) is 0 Å². The molecule has 0 saturated carbocycles. The zero-order valence-corrected chi connectivity index (χ0v) is 11.3. The quantitative estimate of drug-likeness (QED) is 0.796. The molecule has 104 valence electrons. The van der Waals surface area contributed by atoms with Crippen LogP contribution in [-0.2, 0) is 19.4 Å². The molecule has 1 amide bonds. The van der Waals surface area contributed by atoms with Crippen molar-refractivity contribution in [1.82, 2.24) is 4.90 Å². The first kappa shape index (κ1) is 14.9. The minimum absolute atomic E-state index is 0.481. The van der Waals surface area contributed by atoms with Gasteiger partial charge in [0.1, 0.15) is 5.75 Å². The number of carbonyl (C=O) groups is 2. The van der Waals surface area contributed by atoms with Crippen molar-refractivity contribution in [1.29, 1.82) is 0 Å². The van der Waals surface area contributed by atoms with Crippen molar-refractivity contribution in [2.45, 2.75) is 37.9 Å². The summed E-state index contributed by atoms with van der Waals surface area (Å²) in [5.41, 5.74) is 0. The lowest BCUT2D eigenvalue weighted by Gasteiger charge is -2.20. The Labute approximate surface area is 107 Å². The van der Waals surface area contributed by atoms with Gasteiger partial charge in [-0.1, -0.05) is 12.8 Å². The molecule has 1 rings (SSSR count). The average molecular weight is 277 g/mol. The summed E-state index contributed by atoms with van der Waals surface area (Å²) in [7, 11) is -3.91. The van der Waals surface area contributed by atoms with E-state index in [1.54, 1.807) is 0 Å². The van der Waals surface area contributed by atoms with Crippen LogP contribution in [0.25, 0.3) is 0 Å². The second-order valence-corrected chi connectivity index (χ2v) is 6.90. The summed E-state index contributed by atoms with van der Waals surface area (Å²) in [6.07, 6.45) is 3.84. The van der Waals surface area contributed by atoms with Crippen LogP contribution in [-0.4, -0.2) is 54.4 Å². The van der Waals surface area contributed by atoms with Crippen LogP contribution in [0, 0.1) is 0 Å². The Morgan fingerprint density at radius 2 is 1.67 bits per heavy atom. The number of carboxylic acid groups (broad SMARTS) is 1. The molecule has 1 heterocycles. The van der Waals surface area contributed by atoms with Crippen molar-refractivity contribution < 1.29 is 23.1 Å². The Balaban J connectivity index is 2.65. The third-order valence-corrected chi connectivity index (χ3v) is 5.10. The molecule has 0 aromatic carbocycles. The summed E-state index contributed by atoms with van der Waals surface area (Å²) >= 11 is 0. The molecule has 1 aliphatic heterocycles. The summed E-state index contributed by atoms with van der Waals surface area (Å²) in [6, 6.07) is 0. The van der Waals surface area contributed by atoms with E-state index in [1.807, 2.05) is 0 Å². The summed E-state index contributed by atoms with van der Waals surface area (Å²) in [5.74, 6) is -2.61. The maximum absolute atomic E-state index is 11.8. The number of rotatable bonds is 4. The van der Waals surface area contributed by atoms with Crippen LogP contribution in [0.3, 0.4) is 0 Å². The first-order valence-corrected chi connectivity index (χ1v) is 7.78. The molecule has 0 aliphatic carbocycles. The van der Waals surface area contributed by atoms with E-state index >= 15 is 0 Å². The number of carbonyl (C=O) groups excluding carboxylic acids is 1. The van der Waals surface area contributed by atoms with Crippen LogP contribution >= 0.6 is 0 Å². The fourth-order valence-corrected chi connectivity index (χ4v) is 2.95. The molecule has 0 bridgehead atoms. The number of carboxylic acids is 1.